The fourth-order valence-electron chi connectivity index (χ4n) is 3.24. The summed E-state index contributed by atoms with van der Waals surface area (Å²) in [7, 11) is 5.54. The molecule has 1 heterocycles. The highest BCUT2D eigenvalue weighted by Crippen LogP contribution is 2.46. The minimum Gasteiger partial charge on any atom is -0.497 e. The Kier molecular flexibility index (Phi) is 11.2. The minimum absolute atomic E-state index is 0.208. The molecule has 0 saturated heterocycles. The number of likely N-dealkylation sites (N-methyl/N-ethyl adjacent to an activating group) is 1. The molecule has 0 saturated carbocycles. The smallest absolute Gasteiger partial charge is 0.337 e. The zero-order chi connectivity index (χ0) is 26.1. The Bertz CT molecular complexity index is 1020. The lowest BCUT2D eigenvalue weighted by Gasteiger charge is -2.28. The van der Waals surface area contributed by atoms with Crippen LogP contribution in [0.3, 0.4) is 0 Å². The maximum atomic E-state index is 13.6. The molecular weight excluding hydrogens is 515 g/mol. The van der Waals surface area contributed by atoms with Crippen LogP contribution in [0.25, 0.3) is 0 Å². The first-order valence-corrected chi connectivity index (χ1v) is 12.3. The second-order valence-corrected chi connectivity index (χ2v) is 10.0. The third-order valence-electron chi connectivity index (χ3n) is 4.89. The topological polar surface area (TPSA) is 96.4 Å². The van der Waals surface area contributed by atoms with Crippen LogP contribution in [0.1, 0.15) is 17.7 Å². The number of hydrogen-bond donors (Lipinski definition) is 1. The van der Waals surface area contributed by atoms with Crippen molar-refractivity contribution < 1.29 is 29.0 Å². The Morgan fingerprint density at radius 2 is 1.74 bits per heavy atom. The van der Waals surface area contributed by atoms with Crippen molar-refractivity contribution in [2.75, 3.05) is 39.2 Å². The Balaban J connectivity index is 0.000000641. The molecule has 0 fully saturated rings. The van der Waals surface area contributed by atoms with Gasteiger partial charge in [-0.15, -0.1) is 11.8 Å². The molecule has 1 N–H and O–H groups in total. The second kappa shape index (κ2) is 13.6. The van der Waals surface area contributed by atoms with Crippen LogP contribution >= 0.6 is 35.0 Å². The molecule has 0 bridgehead atoms. The summed E-state index contributed by atoms with van der Waals surface area (Å²) < 4.78 is 10.8. The van der Waals surface area contributed by atoms with Crippen molar-refractivity contribution in [2.45, 2.75) is 28.0 Å². The summed E-state index contributed by atoms with van der Waals surface area (Å²) in [4.78, 5) is 38.3. The van der Waals surface area contributed by atoms with Crippen LogP contribution in [0.5, 0.6) is 5.75 Å². The lowest BCUT2D eigenvalue weighted by Crippen LogP contribution is -2.45. The van der Waals surface area contributed by atoms with Gasteiger partial charge in [0.2, 0.25) is 4.84 Å². The maximum Gasteiger partial charge on any atom is 0.337 e. The van der Waals surface area contributed by atoms with Crippen LogP contribution in [0.4, 0.5) is 5.69 Å². The average molecular weight is 543 g/mol. The number of rotatable bonds is 7. The van der Waals surface area contributed by atoms with Crippen LogP contribution in [0, 0.1) is 0 Å². The van der Waals surface area contributed by atoms with Crippen LogP contribution in [-0.4, -0.2) is 73.1 Å². The van der Waals surface area contributed by atoms with E-state index in [1.54, 1.807) is 23.8 Å². The number of aliphatic carboxylic acids is 1. The zero-order valence-electron chi connectivity index (χ0n) is 19.8. The molecule has 3 rings (SSSR count). The maximum absolute atomic E-state index is 13.6. The van der Waals surface area contributed by atoms with Gasteiger partial charge in [0.15, 0.2) is 6.10 Å². The molecule has 1 amide bonds. The standard InChI is InChI=1S/C22H26N2O4S.C2H2Cl2O2/c1-15(25)28-20-21(16-9-11-17(27-4)12-10-16)29-19-8-6-5-7-18(19)24(22(20)26)14-13-23(2)3;3-1(4)2(5)6/h5-12,20-21H,13-14H2,1-4H3;1H,(H,5,6)/t20-,21+;/m1./s1. The van der Waals surface area contributed by atoms with Crippen molar-refractivity contribution in [3.63, 3.8) is 0 Å². The van der Waals surface area contributed by atoms with Crippen molar-refractivity contribution in [3.8, 4) is 5.75 Å². The van der Waals surface area contributed by atoms with Crippen LogP contribution in [0.2, 0.25) is 0 Å². The summed E-state index contributed by atoms with van der Waals surface area (Å²) in [5, 5.41) is 7.37. The number of thioether (sulfide) groups is 1. The number of hydrogen-bond acceptors (Lipinski definition) is 7. The van der Waals surface area contributed by atoms with Crippen LogP contribution < -0.4 is 9.64 Å². The van der Waals surface area contributed by atoms with Crippen molar-refractivity contribution in [1.82, 2.24) is 4.90 Å². The van der Waals surface area contributed by atoms with Gasteiger partial charge in [-0.1, -0.05) is 47.5 Å². The van der Waals surface area contributed by atoms with E-state index in [-0.39, 0.29) is 11.2 Å². The van der Waals surface area contributed by atoms with Gasteiger partial charge in [-0.25, -0.2) is 4.79 Å². The number of para-hydroxylation sites is 1. The van der Waals surface area contributed by atoms with Crippen LogP contribution in [0.15, 0.2) is 53.4 Å². The molecule has 2 atom stereocenters. The first-order valence-electron chi connectivity index (χ1n) is 10.6. The number of esters is 1. The molecule has 0 aliphatic carbocycles. The minimum atomic E-state index is -1.29. The lowest BCUT2D eigenvalue weighted by molar-refractivity contribution is -0.152. The predicted molar refractivity (Wildman–Crippen MR) is 138 cm³/mol. The molecule has 1 aliphatic heterocycles. The molecule has 8 nitrogen and oxygen atoms in total. The third-order valence-corrected chi connectivity index (χ3v) is 6.63. The number of halogens is 2. The number of carboxylic acids is 1. The van der Waals surface area contributed by atoms with Crippen molar-refractivity contribution in [3.05, 3.63) is 54.1 Å². The van der Waals surface area contributed by atoms with Gasteiger partial charge in [-0.2, -0.15) is 0 Å². The van der Waals surface area contributed by atoms with Gasteiger partial charge in [-0.3, -0.25) is 9.59 Å². The van der Waals surface area contributed by atoms with E-state index in [4.69, 9.17) is 37.8 Å². The van der Waals surface area contributed by atoms with Crippen LogP contribution in [-0.2, 0) is 19.1 Å². The number of carbonyl (C=O) groups is 3. The highest BCUT2D eigenvalue weighted by atomic mass is 35.5. The number of amides is 1. The number of carboxylic acid groups (broad SMARTS) is 1. The fourth-order valence-corrected chi connectivity index (χ4v) is 4.56. The molecule has 11 heteroatoms. The average Bonchev–Trinajstić information content (AvgIpc) is 2.92. The normalized spacial score (nSPS) is 17.3. The predicted octanol–water partition coefficient (Wildman–Crippen LogP) is 4.24. The van der Waals surface area contributed by atoms with Crippen molar-refractivity contribution >= 4 is 58.5 Å². The van der Waals surface area contributed by atoms with Gasteiger partial charge in [0, 0.05) is 24.9 Å². The van der Waals surface area contributed by atoms with E-state index in [0.717, 1.165) is 21.9 Å². The van der Waals surface area contributed by atoms with Gasteiger partial charge in [0.25, 0.3) is 5.91 Å². The molecule has 190 valence electrons. The monoisotopic (exact) mass is 542 g/mol. The molecule has 1 aliphatic rings. The zero-order valence-corrected chi connectivity index (χ0v) is 22.1. The molecule has 35 heavy (non-hydrogen) atoms. The van der Waals surface area contributed by atoms with Gasteiger partial charge >= 0.3 is 11.9 Å². The Morgan fingerprint density at radius 3 is 2.26 bits per heavy atom. The van der Waals surface area contributed by atoms with Gasteiger partial charge in [0.05, 0.1) is 18.0 Å². The van der Waals surface area contributed by atoms with Crippen molar-refractivity contribution in [1.29, 1.82) is 0 Å². The molecule has 2 aromatic rings. The number of benzene rings is 2. The highest BCUT2D eigenvalue weighted by Gasteiger charge is 2.40. The Hall–Kier alpha value is -2.46. The van der Waals surface area contributed by atoms with E-state index in [9.17, 15) is 14.4 Å². The van der Waals surface area contributed by atoms with E-state index >= 15 is 0 Å². The quantitative estimate of drug-likeness (QED) is 0.409. The van der Waals surface area contributed by atoms with E-state index in [1.165, 1.54) is 6.92 Å². The van der Waals surface area contributed by atoms with Gasteiger partial charge in [0.1, 0.15) is 5.75 Å². The molecule has 0 spiro atoms. The number of nitrogens with zero attached hydrogens (tertiary/aromatic N) is 2. The number of alkyl halides is 2. The first-order chi connectivity index (χ1) is 16.5. The summed E-state index contributed by atoms with van der Waals surface area (Å²) in [5.74, 6) is -1.16. The number of carbonyl (C=O) groups excluding carboxylic acids is 2. The summed E-state index contributed by atoms with van der Waals surface area (Å²) in [6, 6.07) is 15.4. The van der Waals surface area contributed by atoms with E-state index in [2.05, 4.69) is 0 Å². The van der Waals surface area contributed by atoms with Gasteiger partial charge in [-0.05, 0) is 43.9 Å². The van der Waals surface area contributed by atoms with E-state index in [1.807, 2.05) is 67.5 Å². The molecular formula is C24H28Cl2N2O6S. The summed E-state index contributed by atoms with van der Waals surface area (Å²) in [6.07, 6.45) is -0.916. The van der Waals surface area contributed by atoms with E-state index < -0.39 is 22.9 Å². The largest absolute Gasteiger partial charge is 0.497 e. The third kappa shape index (κ3) is 8.31. The first kappa shape index (κ1) is 28.8. The van der Waals surface area contributed by atoms with E-state index in [0.29, 0.717) is 13.1 Å². The number of ether oxygens (including phenoxy) is 2. The molecule has 0 unspecified atom stereocenters. The fraction of sp³-hybridized carbons (Fsp3) is 0.375. The van der Waals surface area contributed by atoms with Gasteiger partial charge < -0.3 is 24.4 Å². The van der Waals surface area contributed by atoms with Crippen molar-refractivity contribution in [2.24, 2.45) is 0 Å². The summed E-state index contributed by atoms with van der Waals surface area (Å²) in [5.41, 5.74) is 1.75. The second-order valence-electron chi connectivity index (χ2n) is 7.74. The Labute approximate surface area is 219 Å². The molecule has 0 aromatic heterocycles. The number of anilines is 1. The summed E-state index contributed by atoms with van der Waals surface area (Å²) in [6.45, 7) is 2.55. The molecule has 2 aromatic carbocycles. The molecule has 0 radical (unpaired) electrons. The number of fused-ring (bicyclic) bond motifs is 1. The SMILES string of the molecule is COc1ccc([C@@H]2Sc3ccccc3N(CCN(C)C)C(=O)[C@@H]2OC(C)=O)cc1.O=C(O)C(Cl)Cl. The number of methoxy groups -OCH3 is 1. The highest BCUT2D eigenvalue weighted by molar-refractivity contribution is 7.99. The summed E-state index contributed by atoms with van der Waals surface area (Å²) >= 11 is 11.1. The lowest BCUT2D eigenvalue weighted by atomic mass is 10.1. The Morgan fingerprint density at radius 1 is 1.14 bits per heavy atom.